The molecule has 3 amide bonds. The molecule has 0 radical (unpaired) electrons. The molecule has 0 aliphatic carbocycles. The third-order valence-corrected chi connectivity index (χ3v) is 3.56. The van der Waals surface area contributed by atoms with Gasteiger partial charge in [-0.1, -0.05) is 6.92 Å². The summed E-state index contributed by atoms with van der Waals surface area (Å²) in [6.07, 6.45) is 2.37. The number of nitrogens with one attached hydrogen (secondary N) is 2. The molecule has 1 heterocycles. The molecule has 19 heavy (non-hydrogen) atoms. The maximum atomic E-state index is 11.5. The van der Waals surface area contributed by atoms with Gasteiger partial charge in [-0.2, -0.15) is 0 Å². The molecule has 0 aromatic carbocycles. The predicted octanol–water partition coefficient (Wildman–Crippen LogP) is 1.08. The highest BCUT2D eigenvalue weighted by atomic mass is 32.2. The predicted molar refractivity (Wildman–Crippen MR) is 74.7 cm³/mol. The molecule has 106 valence electrons. The van der Waals surface area contributed by atoms with E-state index in [4.69, 9.17) is 10.2 Å². The van der Waals surface area contributed by atoms with E-state index in [0.717, 1.165) is 6.42 Å². The normalized spacial score (nSPS) is 11.9. The Labute approximate surface area is 116 Å². The van der Waals surface area contributed by atoms with Gasteiger partial charge < -0.3 is 15.5 Å². The fourth-order valence-corrected chi connectivity index (χ4v) is 2.13. The maximum absolute atomic E-state index is 11.5. The number of thioether (sulfide) groups is 1. The molecule has 0 saturated carbocycles. The molecule has 0 fully saturated rings. The lowest BCUT2D eigenvalue weighted by Gasteiger charge is -2.09. The maximum Gasteiger partial charge on any atom is 0.321 e. The molecule has 1 aromatic rings. The number of rotatable bonds is 7. The summed E-state index contributed by atoms with van der Waals surface area (Å²) in [4.78, 5) is 22.9. The van der Waals surface area contributed by atoms with Crippen LogP contribution in [-0.4, -0.2) is 29.5 Å². The number of imide groups is 1. The van der Waals surface area contributed by atoms with Gasteiger partial charge in [-0.15, -0.1) is 11.8 Å². The van der Waals surface area contributed by atoms with E-state index < -0.39 is 6.03 Å². The molecule has 0 saturated heterocycles. The minimum Gasteiger partial charge on any atom is -0.467 e. The lowest BCUT2D eigenvalue weighted by Crippen LogP contribution is -2.40. The van der Waals surface area contributed by atoms with Gasteiger partial charge in [-0.3, -0.25) is 10.1 Å². The van der Waals surface area contributed by atoms with Crippen LogP contribution in [0.4, 0.5) is 4.79 Å². The van der Waals surface area contributed by atoms with Crippen LogP contribution in [0.15, 0.2) is 22.8 Å². The highest BCUT2D eigenvalue weighted by molar-refractivity contribution is 8.00. The first-order valence-corrected chi connectivity index (χ1v) is 7.08. The summed E-state index contributed by atoms with van der Waals surface area (Å²) in [5.74, 6) is 0.564. The molecule has 1 atom stereocenters. The Morgan fingerprint density at radius 3 is 2.95 bits per heavy atom. The van der Waals surface area contributed by atoms with Crippen LogP contribution in [0.25, 0.3) is 0 Å². The van der Waals surface area contributed by atoms with Crippen LogP contribution in [0.1, 0.15) is 19.1 Å². The number of hydrogen-bond acceptors (Lipinski definition) is 5. The van der Waals surface area contributed by atoms with E-state index in [1.165, 1.54) is 18.0 Å². The number of nitrogens with two attached hydrogens (primary N) is 1. The van der Waals surface area contributed by atoms with E-state index in [1.54, 1.807) is 12.1 Å². The zero-order chi connectivity index (χ0) is 14.1. The first kappa shape index (κ1) is 15.6. The van der Waals surface area contributed by atoms with Gasteiger partial charge in [0.25, 0.3) is 0 Å². The van der Waals surface area contributed by atoms with Crippen molar-refractivity contribution in [3.8, 4) is 0 Å². The Morgan fingerprint density at radius 2 is 2.32 bits per heavy atom. The molecular formula is C12H19N3O3S. The Balaban J connectivity index is 2.15. The third kappa shape index (κ3) is 6.88. The van der Waals surface area contributed by atoms with Crippen molar-refractivity contribution < 1.29 is 14.0 Å². The van der Waals surface area contributed by atoms with E-state index in [-0.39, 0.29) is 18.2 Å². The third-order valence-electron chi connectivity index (χ3n) is 2.33. The van der Waals surface area contributed by atoms with Crippen LogP contribution < -0.4 is 16.4 Å². The Kier molecular flexibility index (Phi) is 7.06. The number of carbonyl (C=O) groups excluding carboxylic acids is 2. The van der Waals surface area contributed by atoms with E-state index in [0.29, 0.717) is 17.6 Å². The summed E-state index contributed by atoms with van der Waals surface area (Å²) in [6, 6.07) is 2.95. The fourth-order valence-electron chi connectivity index (χ4n) is 1.32. The van der Waals surface area contributed by atoms with E-state index in [9.17, 15) is 9.59 Å². The molecule has 1 rings (SSSR count). The highest BCUT2D eigenvalue weighted by Gasteiger charge is 2.10. The second kappa shape index (κ2) is 8.60. The van der Waals surface area contributed by atoms with Gasteiger partial charge in [-0.05, 0) is 25.1 Å². The second-order valence-corrected chi connectivity index (χ2v) is 5.44. The Morgan fingerprint density at radius 1 is 1.53 bits per heavy atom. The monoisotopic (exact) mass is 285 g/mol. The Hall–Kier alpha value is -1.47. The summed E-state index contributed by atoms with van der Waals surface area (Å²) in [7, 11) is 0. The van der Waals surface area contributed by atoms with Gasteiger partial charge in [0.1, 0.15) is 5.76 Å². The van der Waals surface area contributed by atoms with Gasteiger partial charge in [-0.25, -0.2) is 4.79 Å². The quantitative estimate of drug-likeness (QED) is 0.696. The largest absolute Gasteiger partial charge is 0.467 e. The number of urea groups is 1. The minimum atomic E-state index is -0.520. The fraction of sp³-hybridized carbons (Fsp3) is 0.500. The SMILES string of the molecule is CC(CCN)SCC(=O)NC(=O)NCc1ccco1. The standard InChI is InChI=1S/C12H19N3O3S/c1-9(4-5-13)19-8-11(16)15-12(17)14-7-10-3-2-6-18-10/h2-3,6,9H,4-5,7-8,13H2,1H3,(H2,14,15,16,17). The average molecular weight is 285 g/mol. The summed E-state index contributed by atoms with van der Waals surface area (Å²) in [5, 5.41) is 5.10. The smallest absolute Gasteiger partial charge is 0.321 e. The van der Waals surface area contributed by atoms with Crippen molar-refractivity contribution in [2.75, 3.05) is 12.3 Å². The van der Waals surface area contributed by atoms with Gasteiger partial charge in [0.15, 0.2) is 0 Å². The van der Waals surface area contributed by atoms with Gasteiger partial charge in [0.2, 0.25) is 5.91 Å². The summed E-state index contributed by atoms with van der Waals surface area (Å²) in [6.45, 7) is 2.85. The van der Waals surface area contributed by atoms with Crippen LogP contribution in [-0.2, 0) is 11.3 Å². The molecule has 4 N–H and O–H groups in total. The molecule has 0 aliphatic heterocycles. The Bertz CT molecular complexity index is 395. The number of carbonyl (C=O) groups is 2. The molecule has 6 nitrogen and oxygen atoms in total. The number of furan rings is 1. The molecule has 0 aliphatic rings. The van der Waals surface area contributed by atoms with Crippen molar-refractivity contribution in [1.29, 1.82) is 0 Å². The van der Waals surface area contributed by atoms with Crippen molar-refractivity contribution in [3.05, 3.63) is 24.2 Å². The van der Waals surface area contributed by atoms with Gasteiger partial charge in [0.05, 0.1) is 18.6 Å². The summed E-state index contributed by atoms with van der Waals surface area (Å²) >= 11 is 1.48. The first-order chi connectivity index (χ1) is 9.11. The second-order valence-electron chi connectivity index (χ2n) is 4.01. The van der Waals surface area contributed by atoms with Crippen LogP contribution in [0, 0.1) is 0 Å². The van der Waals surface area contributed by atoms with E-state index in [2.05, 4.69) is 10.6 Å². The molecule has 7 heteroatoms. The van der Waals surface area contributed by atoms with Crippen molar-refractivity contribution >= 4 is 23.7 Å². The van der Waals surface area contributed by atoms with E-state index >= 15 is 0 Å². The molecule has 0 bridgehead atoms. The molecule has 0 spiro atoms. The van der Waals surface area contributed by atoms with Crippen molar-refractivity contribution in [2.24, 2.45) is 5.73 Å². The zero-order valence-electron chi connectivity index (χ0n) is 10.8. The number of hydrogen-bond donors (Lipinski definition) is 3. The van der Waals surface area contributed by atoms with Crippen molar-refractivity contribution in [2.45, 2.75) is 25.1 Å². The summed E-state index contributed by atoms with van der Waals surface area (Å²) in [5.41, 5.74) is 5.42. The van der Waals surface area contributed by atoms with Crippen LogP contribution >= 0.6 is 11.8 Å². The molecule has 1 aromatic heterocycles. The topological polar surface area (TPSA) is 97.4 Å². The van der Waals surface area contributed by atoms with Crippen LogP contribution in [0.3, 0.4) is 0 Å². The molecule has 1 unspecified atom stereocenters. The van der Waals surface area contributed by atoms with Crippen LogP contribution in [0.5, 0.6) is 0 Å². The van der Waals surface area contributed by atoms with E-state index in [1.807, 2.05) is 6.92 Å². The van der Waals surface area contributed by atoms with Gasteiger partial charge in [0, 0.05) is 5.25 Å². The summed E-state index contributed by atoms with van der Waals surface area (Å²) < 4.78 is 5.05. The lowest BCUT2D eigenvalue weighted by atomic mass is 10.3. The van der Waals surface area contributed by atoms with Crippen LogP contribution in [0.2, 0.25) is 0 Å². The van der Waals surface area contributed by atoms with Gasteiger partial charge >= 0.3 is 6.03 Å². The average Bonchev–Trinajstić information content (AvgIpc) is 2.87. The molecular weight excluding hydrogens is 266 g/mol. The zero-order valence-corrected chi connectivity index (χ0v) is 11.7. The van der Waals surface area contributed by atoms with Crippen molar-refractivity contribution in [1.82, 2.24) is 10.6 Å². The minimum absolute atomic E-state index is 0.245. The van der Waals surface area contributed by atoms with Crippen molar-refractivity contribution in [3.63, 3.8) is 0 Å². The number of amides is 3. The first-order valence-electron chi connectivity index (χ1n) is 6.03. The lowest BCUT2D eigenvalue weighted by molar-refractivity contribution is -0.117. The highest BCUT2D eigenvalue weighted by Crippen LogP contribution is 2.12.